The third kappa shape index (κ3) is 9.34. The number of methoxy groups -OCH3 is 1. The van der Waals surface area contributed by atoms with Crippen molar-refractivity contribution in [2.45, 2.75) is 6.42 Å². The van der Waals surface area contributed by atoms with Crippen molar-refractivity contribution in [2.75, 3.05) is 31.8 Å². The van der Waals surface area contributed by atoms with E-state index in [1.807, 2.05) is 0 Å². The molecule has 0 aromatic carbocycles. The van der Waals surface area contributed by atoms with Crippen LogP contribution in [0.15, 0.2) is 0 Å². The van der Waals surface area contributed by atoms with E-state index < -0.39 is 5.97 Å². The first-order chi connectivity index (χ1) is 6.66. The van der Waals surface area contributed by atoms with E-state index in [0.717, 1.165) is 0 Å². The van der Waals surface area contributed by atoms with Crippen molar-refractivity contribution < 1.29 is 19.4 Å². The molecule has 0 bridgehead atoms. The molecule has 2 N–H and O–H groups in total. The standard InChI is InChI=1S/C8H15NO4S/c1-13-4-2-7(10)9-3-5-14-6-8(11)12/h2-6H2,1H3,(H,9,10)(H,11,12). The number of hydrogen-bond donors (Lipinski definition) is 2. The predicted molar refractivity (Wildman–Crippen MR) is 54.5 cm³/mol. The van der Waals surface area contributed by atoms with Crippen LogP contribution in [0.4, 0.5) is 0 Å². The van der Waals surface area contributed by atoms with E-state index in [1.165, 1.54) is 18.9 Å². The first-order valence-electron chi connectivity index (χ1n) is 4.22. The average molecular weight is 221 g/mol. The monoisotopic (exact) mass is 221 g/mol. The molecule has 0 saturated heterocycles. The molecule has 0 fully saturated rings. The third-order valence-corrected chi connectivity index (χ3v) is 2.27. The van der Waals surface area contributed by atoms with E-state index in [-0.39, 0.29) is 11.7 Å². The van der Waals surface area contributed by atoms with Gasteiger partial charge in [-0.1, -0.05) is 0 Å². The summed E-state index contributed by atoms with van der Waals surface area (Å²) in [5.41, 5.74) is 0. The lowest BCUT2D eigenvalue weighted by Gasteiger charge is -2.03. The first-order valence-corrected chi connectivity index (χ1v) is 5.37. The van der Waals surface area contributed by atoms with Crippen LogP contribution >= 0.6 is 11.8 Å². The summed E-state index contributed by atoms with van der Waals surface area (Å²) in [7, 11) is 1.54. The second-order valence-corrected chi connectivity index (χ2v) is 3.64. The highest BCUT2D eigenvalue weighted by molar-refractivity contribution is 7.99. The van der Waals surface area contributed by atoms with Crippen molar-refractivity contribution in [2.24, 2.45) is 0 Å². The SMILES string of the molecule is COCCC(=O)NCCSCC(=O)O. The number of hydrogen-bond acceptors (Lipinski definition) is 4. The minimum atomic E-state index is -0.833. The van der Waals surface area contributed by atoms with Crippen LogP contribution in [-0.4, -0.2) is 48.8 Å². The Morgan fingerprint density at radius 1 is 1.50 bits per heavy atom. The number of carboxylic acid groups (broad SMARTS) is 1. The summed E-state index contributed by atoms with van der Waals surface area (Å²) in [6.45, 7) is 0.911. The Morgan fingerprint density at radius 2 is 2.21 bits per heavy atom. The Bertz CT molecular complexity index is 186. The molecule has 0 radical (unpaired) electrons. The number of carboxylic acids is 1. The molecule has 6 heteroatoms. The fourth-order valence-electron chi connectivity index (χ4n) is 0.705. The smallest absolute Gasteiger partial charge is 0.313 e. The Hall–Kier alpha value is -0.750. The van der Waals surface area contributed by atoms with Gasteiger partial charge in [-0.3, -0.25) is 9.59 Å². The molecular weight excluding hydrogens is 206 g/mol. The zero-order chi connectivity index (χ0) is 10.8. The number of carbonyl (C=O) groups is 2. The Kier molecular flexibility index (Phi) is 8.36. The van der Waals surface area contributed by atoms with E-state index >= 15 is 0 Å². The molecule has 0 unspecified atom stereocenters. The van der Waals surface area contributed by atoms with Crippen molar-refractivity contribution in [1.29, 1.82) is 0 Å². The van der Waals surface area contributed by atoms with Crippen LogP contribution in [0.5, 0.6) is 0 Å². The maximum atomic E-state index is 11.0. The van der Waals surface area contributed by atoms with Gasteiger partial charge < -0.3 is 15.2 Å². The van der Waals surface area contributed by atoms with E-state index in [1.54, 1.807) is 0 Å². The van der Waals surface area contributed by atoms with Crippen LogP contribution in [0.3, 0.4) is 0 Å². The first kappa shape index (κ1) is 13.2. The van der Waals surface area contributed by atoms with Gasteiger partial charge in [0.25, 0.3) is 0 Å². The maximum absolute atomic E-state index is 11.0. The van der Waals surface area contributed by atoms with Gasteiger partial charge in [0.05, 0.1) is 12.4 Å². The third-order valence-electron chi connectivity index (χ3n) is 1.33. The van der Waals surface area contributed by atoms with E-state index in [9.17, 15) is 9.59 Å². The van der Waals surface area contributed by atoms with E-state index in [2.05, 4.69) is 5.32 Å². The fraction of sp³-hybridized carbons (Fsp3) is 0.750. The van der Waals surface area contributed by atoms with Gasteiger partial charge >= 0.3 is 5.97 Å². The molecule has 0 saturated carbocycles. The van der Waals surface area contributed by atoms with Crippen LogP contribution in [-0.2, 0) is 14.3 Å². The number of amides is 1. The summed E-state index contributed by atoms with van der Waals surface area (Å²) in [5, 5.41) is 11.0. The fourth-order valence-corrected chi connectivity index (χ4v) is 1.27. The van der Waals surface area contributed by atoms with Gasteiger partial charge in [-0.15, -0.1) is 11.8 Å². The molecule has 0 aromatic heterocycles. The highest BCUT2D eigenvalue weighted by atomic mass is 32.2. The van der Waals surface area contributed by atoms with Crippen molar-refractivity contribution in [3.8, 4) is 0 Å². The Labute approximate surface area is 87.2 Å². The summed E-state index contributed by atoms with van der Waals surface area (Å²) in [4.78, 5) is 21.1. The van der Waals surface area contributed by atoms with Gasteiger partial charge in [-0.25, -0.2) is 0 Å². The van der Waals surface area contributed by atoms with Gasteiger partial charge in [-0.2, -0.15) is 0 Å². The molecule has 82 valence electrons. The number of thioether (sulfide) groups is 1. The summed E-state index contributed by atoms with van der Waals surface area (Å²) in [5.74, 6) is -0.206. The molecule has 0 spiro atoms. The largest absolute Gasteiger partial charge is 0.481 e. The van der Waals surface area contributed by atoms with Gasteiger partial charge in [0.15, 0.2) is 0 Å². The van der Waals surface area contributed by atoms with Gasteiger partial charge in [-0.05, 0) is 0 Å². The molecular formula is C8H15NO4S. The second kappa shape index (κ2) is 8.83. The van der Waals surface area contributed by atoms with Crippen molar-refractivity contribution >= 4 is 23.6 Å². The lowest BCUT2D eigenvalue weighted by molar-refractivity contribution is -0.133. The minimum Gasteiger partial charge on any atom is -0.481 e. The molecule has 0 aliphatic heterocycles. The van der Waals surface area contributed by atoms with Crippen LogP contribution in [0.25, 0.3) is 0 Å². The molecule has 0 aromatic rings. The molecule has 0 aliphatic rings. The summed E-state index contributed by atoms with van der Waals surface area (Å²) in [6.07, 6.45) is 0.347. The molecule has 1 amide bonds. The highest BCUT2D eigenvalue weighted by Crippen LogP contribution is 1.96. The number of ether oxygens (including phenoxy) is 1. The Balaban J connectivity index is 3.19. The summed E-state index contributed by atoms with van der Waals surface area (Å²) in [6, 6.07) is 0. The normalized spacial score (nSPS) is 9.79. The van der Waals surface area contributed by atoms with Crippen LogP contribution in [0.1, 0.15) is 6.42 Å². The maximum Gasteiger partial charge on any atom is 0.313 e. The van der Waals surface area contributed by atoms with Crippen molar-refractivity contribution in [1.82, 2.24) is 5.32 Å². The average Bonchev–Trinajstić information content (AvgIpc) is 2.13. The second-order valence-electron chi connectivity index (χ2n) is 2.54. The van der Waals surface area contributed by atoms with Gasteiger partial charge in [0, 0.05) is 25.8 Å². The molecule has 0 heterocycles. The van der Waals surface area contributed by atoms with E-state index in [4.69, 9.17) is 9.84 Å². The number of nitrogens with one attached hydrogen (secondary N) is 1. The van der Waals surface area contributed by atoms with E-state index in [0.29, 0.717) is 25.3 Å². The summed E-state index contributed by atoms with van der Waals surface area (Å²) >= 11 is 1.28. The number of rotatable bonds is 8. The highest BCUT2D eigenvalue weighted by Gasteiger charge is 2.00. The minimum absolute atomic E-state index is 0.0669. The topological polar surface area (TPSA) is 75.6 Å². The lowest BCUT2D eigenvalue weighted by Crippen LogP contribution is -2.26. The molecule has 0 atom stereocenters. The Morgan fingerprint density at radius 3 is 2.79 bits per heavy atom. The molecule has 0 rings (SSSR count). The van der Waals surface area contributed by atoms with Crippen molar-refractivity contribution in [3.63, 3.8) is 0 Å². The van der Waals surface area contributed by atoms with Crippen molar-refractivity contribution in [3.05, 3.63) is 0 Å². The zero-order valence-electron chi connectivity index (χ0n) is 8.12. The zero-order valence-corrected chi connectivity index (χ0v) is 8.93. The lowest BCUT2D eigenvalue weighted by atomic mass is 10.4. The van der Waals surface area contributed by atoms with Gasteiger partial charge in [0.2, 0.25) is 5.91 Å². The molecule has 5 nitrogen and oxygen atoms in total. The van der Waals surface area contributed by atoms with Crippen LogP contribution in [0, 0.1) is 0 Å². The quantitative estimate of drug-likeness (QED) is 0.562. The molecule has 14 heavy (non-hydrogen) atoms. The number of carbonyl (C=O) groups excluding carboxylic acids is 1. The van der Waals surface area contributed by atoms with Crippen LogP contribution in [0.2, 0.25) is 0 Å². The number of aliphatic carboxylic acids is 1. The van der Waals surface area contributed by atoms with Crippen LogP contribution < -0.4 is 5.32 Å². The molecule has 0 aliphatic carbocycles. The predicted octanol–water partition coefficient (Wildman–Crippen LogP) is -0.0431. The summed E-state index contributed by atoms with van der Waals surface area (Å²) < 4.78 is 4.73. The van der Waals surface area contributed by atoms with Gasteiger partial charge in [0.1, 0.15) is 0 Å².